The molecule has 0 rings (SSSR count). The molecule has 0 aromatic heterocycles. The lowest BCUT2D eigenvalue weighted by molar-refractivity contribution is -0.167. The summed E-state index contributed by atoms with van der Waals surface area (Å²) in [7, 11) is 0. The van der Waals surface area contributed by atoms with Gasteiger partial charge >= 0.3 is 17.9 Å². The molecule has 0 aromatic carbocycles. The largest absolute Gasteiger partial charge is 0.462 e. The van der Waals surface area contributed by atoms with E-state index in [2.05, 4.69) is 154 Å². The van der Waals surface area contributed by atoms with Gasteiger partial charge in [0.25, 0.3) is 0 Å². The number of rotatable bonds is 51. The van der Waals surface area contributed by atoms with Crippen LogP contribution in [-0.4, -0.2) is 37.2 Å². The van der Waals surface area contributed by atoms with Gasteiger partial charge in [0.1, 0.15) is 13.2 Å². The molecule has 72 heavy (non-hydrogen) atoms. The van der Waals surface area contributed by atoms with Crippen LogP contribution in [0.3, 0.4) is 0 Å². The molecule has 0 spiro atoms. The molecule has 406 valence electrons. The number of allylic oxidation sites excluding steroid dienone is 22. The Kier molecular flexibility index (Phi) is 55.5. The fraction of sp³-hybridized carbons (Fsp3) is 0.621. The molecule has 0 bridgehead atoms. The summed E-state index contributed by atoms with van der Waals surface area (Å²) >= 11 is 0. The van der Waals surface area contributed by atoms with E-state index in [-0.39, 0.29) is 37.5 Å². The summed E-state index contributed by atoms with van der Waals surface area (Å²) < 4.78 is 16.8. The zero-order valence-electron chi connectivity index (χ0n) is 46.4. The number of carbonyl (C=O) groups is 3. The lowest BCUT2D eigenvalue weighted by Gasteiger charge is -2.18. The van der Waals surface area contributed by atoms with E-state index in [1.807, 2.05) is 0 Å². The van der Waals surface area contributed by atoms with E-state index in [9.17, 15) is 14.4 Å². The SMILES string of the molecule is CC/C=C\C/C=C\C/C=C\C/C=C\C/C=C\CCCCCCCC(=O)OCC(COC(=O)CCCCCCC/C=C\C/C=C\CCCCCC)OC(=O)CCCCCC/C=C\C/C=C\C/C=C\C/C=C\CC. The van der Waals surface area contributed by atoms with Crippen molar-refractivity contribution in [2.45, 2.75) is 252 Å². The molecule has 1 unspecified atom stereocenters. The number of unbranched alkanes of at least 4 members (excludes halogenated alkanes) is 18. The summed E-state index contributed by atoms with van der Waals surface area (Å²) in [5, 5.41) is 0. The van der Waals surface area contributed by atoms with Crippen LogP contribution in [0.25, 0.3) is 0 Å². The summed E-state index contributed by atoms with van der Waals surface area (Å²) in [6.07, 6.45) is 82.9. The van der Waals surface area contributed by atoms with Crippen molar-refractivity contribution >= 4 is 17.9 Å². The lowest BCUT2D eigenvalue weighted by atomic mass is 10.1. The predicted molar refractivity (Wildman–Crippen MR) is 311 cm³/mol. The maximum atomic E-state index is 12.9. The minimum Gasteiger partial charge on any atom is -0.462 e. The second-order valence-corrected chi connectivity index (χ2v) is 18.8. The van der Waals surface area contributed by atoms with Crippen molar-refractivity contribution in [1.29, 1.82) is 0 Å². The lowest BCUT2D eigenvalue weighted by Crippen LogP contribution is -2.30. The van der Waals surface area contributed by atoms with Crippen LogP contribution in [0.4, 0.5) is 0 Å². The molecule has 0 heterocycles. The summed E-state index contributed by atoms with van der Waals surface area (Å²) in [6.45, 7) is 6.34. The van der Waals surface area contributed by atoms with Gasteiger partial charge in [-0.05, 0) is 135 Å². The van der Waals surface area contributed by atoms with Crippen LogP contribution in [0.15, 0.2) is 134 Å². The van der Waals surface area contributed by atoms with Crippen LogP contribution < -0.4 is 0 Å². The van der Waals surface area contributed by atoms with Gasteiger partial charge in [0.15, 0.2) is 6.10 Å². The summed E-state index contributed by atoms with van der Waals surface area (Å²) in [5.41, 5.74) is 0. The van der Waals surface area contributed by atoms with Gasteiger partial charge in [-0.25, -0.2) is 0 Å². The first kappa shape index (κ1) is 67.5. The smallest absolute Gasteiger partial charge is 0.306 e. The van der Waals surface area contributed by atoms with Gasteiger partial charge in [-0.15, -0.1) is 0 Å². The topological polar surface area (TPSA) is 78.9 Å². The molecule has 0 aliphatic rings. The number of carbonyl (C=O) groups excluding carboxylic acids is 3. The number of esters is 3. The third-order valence-corrected chi connectivity index (χ3v) is 11.9. The van der Waals surface area contributed by atoms with Gasteiger partial charge in [0.05, 0.1) is 0 Å². The number of hydrogen-bond donors (Lipinski definition) is 0. The van der Waals surface area contributed by atoms with Crippen LogP contribution in [0, 0.1) is 0 Å². The fourth-order valence-corrected chi connectivity index (χ4v) is 7.55. The van der Waals surface area contributed by atoms with Gasteiger partial charge < -0.3 is 14.2 Å². The third kappa shape index (κ3) is 56.5. The van der Waals surface area contributed by atoms with E-state index < -0.39 is 6.10 Å². The van der Waals surface area contributed by atoms with E-state index in [1.54, 1.807) is 0 Å². The van der Waals surface area contributed by atoms with E-state index in [0.717, 1.165) is 173 Å². The van der Waals surface area contributed by atoms with Crippen molar-refractivity contribution in [3.8, 4) is 0 Å². The highest BCUT2D eigenvalue weighted by Gasteiger charge is 2.19. The third-order valence-electron chi connectivity index (χ3n) is 11.9. The second-order valence-electron chi connectivity index (χ2n) is 18.8. The molecular formula is C66H106O6. The minimum atomic E-state index is -0.811. The van der Waals surface area contributed by atoms with Gasteiger partial charge in [-0.2, -0.15) is 0 Å². The Hall–Kier alpha value is -4.45. The van der Waals surface area contributed by atoms with Gasteiger partial charge in [0.2, 0.25) is 0 Å². The molecule has 0 radical (unpaired) electrons. The number of hydrogen-bond acceptors (Lipinski definition) is 6. The van der Waals surface area contributed by atoms with Crippen LogP contribution in [-0.2, 0) is 28.6 Å². The van der Waals surface area contributed by atoms with E-state index >= 15 is 0 Å². The molecule has 1 atom stereocenters. The number of ether oxygens (including phenoxy) is 3. The second kappa shape index (κ2) is 59.1. The predicted octanol–water partition coefficient (Wildman–Crippen LogP) is 19.8. The van der Waals surface area contributed by atoms with Crippen molar-refractivity contribution in [2.24, 2.45) is 0 Å². The average Bonchev–Trinajstić information content (AvgIpc) is 3.38. The first-order valence-corrected chi connectivity index (χ1v) is 29.2. The van der Waals surface area contributed by atoms with Crippen LogP contribution in [0.2, 0.25) is 0 Å². The highest BCUT2D eigenvalue weighted by Crippen LogP contribution is 2.13. The van der Waals surface area contributed by atoms with Crippen molar-refractivity contribution in [1.82, 2.24) is 0 Å². The normalized spacial score (nSPS) is 13.1. The van der Waals surface area contributed by atoms with E-state index in [0.29, 0.717) is 12.8 Å². The molecule has 0 aromatic rings. The fourth-order valence-electron chi connectivity index (χ4n) is 7.55. The highest BCUT2D eigenvalue weighted by atomic mass is 16.6. The molecule has 6 nitrogen and oxygen atoms in total. The highest BCUT2D eigenvalue weighted by molar-refractivity contribution is 5.71. The quantitative estimate of drug-likeness (QED) is 0.0261. The zero-order valence-corrected chi connectivity index (χ0v) is 46.4. The Balaban J connectivity index is 4.51. The molecule has 0 N–H and O–H groups in total. The molecule has 0 aliphatic carbocycles. The molecule has 0 fully saturated rings. The van der Waals surface area contributed by atoms with Gasteiger partial charge in [-0.3, -0.25) is 14.4 Å². The van der Waals surface area contributed by atoms with Crippen LogP contribution in [0.5, 0.6) is 0 Å². The molecule has 6 heteroatoms. The maximum absolute atomic E-state index is 12.9. The summed E-state index contributed by atoms with van der Waals surface area (Å²) in [4.78, 5) is 38.2. The van der Waals surface area contributed by atoms with E-state index in [4.69, 9.17) is 14.2 Å². The van der Waals surface area contributed by atoms with E-state index in [1.165, 1.54) is 32.1 Å². The van der Waals surface area contributed by atoms with Gasteiger partial charge in [-0.1, -0.05) is 225 Å². The van der Waals surface area contributed by atoms with Crippen molar-refractivity contribution in [2.75, 3.05) is 13.2 Å². The van der Waals surface area contributed by atoms with Crippen LogP contribution in [0.1, 0.15) is 245 Å². The standard InChI is InChI=1S/C66H106O6/c1-4-7-10-13-16-19-22-25-28-31-32-33-34-36-38-41-44-47-50-53-56-59-65(68)71-62-63(61-70-64(67)58-55-52-49-46-43-40-37-30-27-24-21-18-15-12-9-6-3)72-66(69)60-57-54-51-48-45-42-39-35-29-26-23-20-17-14-11-8-5-2/h7-8,10-11,16-17,19-21,24-26,28-30,32-33,36-39,42,63H,4-6,9,12-15,18,22-23,27,31,34-35,40-41,43-62H2,1-3H3/b10-7-,11-8-,19-16-,20-17-,24-21-,28-25-,29-26-,33-32-,37-30-,38-36-,42-39-. The molecule has 0 amide bonds. The Labute approximate surface area is 443 Å². The van der Waals surface area contributed by atoms with Crippen molar-refractivity contribution in [3.63, 3.8) is 0 Å². The van der Waals surface area contributed by atoms with Crippen molar-refractivity contribution in [3.05, 3.63) is 134 Å². The maximum Gasteiger partial charge on any atom is 0.306 e. The average molecular weight is 996 g/mol. The summed E-state index contributed by atoms with van der Waals surface area (Å²) in [6, 6.07) is 0. The molecule has 0 saturated carbocycles. The Morgan fingerprint density at radius 3 is 0.847 bits per heavy atom. The minimum absolute atomic E-state index is 0.106. The molecular weight excluding hydrogens is 889 g/mol. The molecule has 0 aliphatic heterocycles. The van der Waals surface area contributed by atoms with Crippen molar-refractivity contribution < 1.29 is 28.6 Å². The monoisotopic (exact) mass is 995 g/mol. The Morgan fingerprint density at radius 2 is 0.542 bits per heavy atom. The Bertz CT molecular complexity index is 1560. The first-order chi connectivity index (χ1) is 35.5. The Morgan fingerprint density at radius 1 is 0.292 bits per heavy atom. The summed E-state index contributed by atoms with van der Waals surface area (Å²) in [5.74, 6) is -0.965. The molecule has 0 saturated heterocycles. The zero-order chi connectivity index (χ0) is 52.2. The van der Waals surface area contributed by atoms with Crippen LogP contribution >= 0.6 is 0 Å². The van der Waals surface area contributed by atoms with Gasteiger partial charge in [0, 0.05) is 19.3 Å². The first-order valence-electron chi connectivity index (χ1n) is 29.2.